The van der Waals surface area contributed by atoms with Crippen LogP contribution in [-0.4, -0.2) is 41.7 Å². The SMILES string of the molecule is CC[C@@H](NC)[C@@H]1CCN(c2c(F)cn3c(=O)c(C(=O)O)cc(C4CC4)c3c2C)C1.Cl. The monoisotopic (exact) mass is 437 g/mol. The van der Waals surface area contributed by atoms with Crippen molar-refractivity contribution in [2.24, 2.45) is 5.92 Å². The number of halogens is 2. The molecule has 2 atom stereocenters. The largest absolute Gasteiger partial charge is 0.477 e. The number of hydrogen-bond donors (Lipinski definition) is 2. The van der Waals surface area contributed by atoms with E-state index in [1.165, 1.54) is 16.7 Å². The van der Waals surface area contributed by atoms with Gasteiger partial charge in [-0.05, 0) is 68.7 Å². The van der Waals surface area contributed by atoms with Gasteiger partial charge in [-0.2, -0.15) is 0 Å². The molecule has 164 valence electrons. The number of hydrogen-bond acceptors (Lipinski definition) is 4. The molecule has 2 fully saturated rings. The van der Waals surface area contributed by atoms with Crippen LogP contribution in [0, 0.1) is 18.7 Å². The van der Waals surface area contributed by atoms with Crippen molar-refractivity contribution in [3.8, 4) is 0 Å². The molecule has 2 aromatic rings. The lowest BCUT2D eigenvalue weighted by Gasteiger charge is -2.26. The van der Waals surface area contributed by atoms with Gasteiger partial charge in [-0.25, -0.2) is 9.18 Å². The summed E-state index contributed by atoms with van der Waals surface area (Å²) in [6.07, 6.45) is 5.12. The predicted molar refractivity (Wildman–Crippen MR) is 118 cm³/mol. The highest BCUT2D eigenvalue weighted by Gasteiger charge is 2.33. The van der Waals surface area contributed by atoms with Crippen molar-refractivity contribution < 1.29 is 14.3 Å². The van der Waals surface area contributed by atoms with Gasteiger partial charge in [0.05, 0.1) is 17.4 Å². The molecule has 2 aromatic heterocycles. The maximum absolute atomic E-state index is 15.2. The van der Waals surface area contributed by atoms with Crippen molar-refractivity contribution in [3.05, 3.63) is 45.1 Å². The third kappa shape index (κ3) is 3.69. The average Bonchev–Trinajstić information content (AvgIpc) is 3.42. The van der Waals surface area contributed by atoms with Crippen LogP contribution in [0.4, 0.5) is 10.1 Å². The number of carboxylic acid groups (broad SMARTS) is 1. The molecule has 0 bridgehead atoms. The highest BCUT2D eigenvalue weighted by molar-refractivity contribution is 5.89. The van der Waals surface area contributed by atoms with Gasteiger partial charge in [0.25, 0.3) is 5.56 Å². The van der Waals surface area contributed by atoms with E-state index in [1.807, 2.05) is 14.0 Å². The minimum absolute atomic E-state index is 0. The molecule has 0 aromatic carbocycles. The second-order valence-electron chi connectivity index (χ2n) is 8.37. The maximum atomic E-state index is 15.2. The van der Waals surface area contributed by atoms with Gasteiger partial charge in [-0.1, -0.05) is 6.92 Å². The number of fused-ring (bicyclic) bond motifs is 1. The Kier molecular flexibility index (Phi) is 6.43. The number of pyridine rings is 2. The third-order valence-electron chi connectivity index (χ3n) is 6.61. The molecule has 6 nitrogen and oxygen atoms in total. The van der Waals surface area contributed by atoms with Crippen LogP contribution < -0.4 is 15.8 Å². The number of carboxylic acids is 1. The lowest BCUT2D eigenvalue weighted by atomic mass is 9.97. The van der Waals surface area contributed by atoms with E-state index in [9.17, 15) is 14.7 Å². The number of anilines is 1. The molecule has 0 spiro atoms. The molecule has 1 aliphatic carbocycles. The smallest absolute Gasteiger partial charge is 0.341 e. The molecule has 8 heteroatoms. The van der Waals surface area contributed by atoms with E-state index in [0.29, 0.717) is 23.2 Å². The number of nitrogens with zero attached hydrogens (tertiary/aromatic N) is 2. The molecule has 3 heterocycles. The number of nitrogens with one attached hydrogen (secondary N) is 1. The van der Waals surface area contributed by atoms with Crippen LogP contribution in [0.5, 0.6) is 0 Å². The van der Waals surface area contributed by atoms with E-state index in [-0.39, 0.29) is 23.9 Å². The minimum atomic E-state index is -1.27. The first-order valence-corrected chi connectivity index (χ1v) is 10.4. The first kappa shape index (κ1) is 22.6. The Morgan fingerprint density at radius 3 is 2.63 bits per heavy atom. The lowest BCUT2D eigenvalue weighted by molar-refractivity contribution is 0.0694. The van der Waals surface area contributed by atoms with E-state index in [2.05, 4.69) is 17.1 Å². The van der Waals surface area contributed by atoms with Crippen LogP contribution in [0.15, 0.2) is 17.1 Å². The van der Waals surface area contributed by atoms with Crippen molar-refractivity contribution in [3.63, 3.8) is 0 Å². The van der Waals surface area contributed by atoms with Crippen molar-refractivity contribution in [2.45, 2.75) is 51.5 Å². The van der Waals surface area contributed by atoms with Gasteiger partial charge in [-0.15, -0.1) is 12.4 Å². The number of rotatable bonds is 6. The van der Waals surface area contributed by atoms with Gasteiger partial charge >= 0.3 is 5.97 Å². The van der Waals surface area contributed by atoms with E-state index < -0.39 is 17.3 Å². The van der Waals surface area contributed by atoms with Crippen LogP contribution in [0.2, 0.25) is 0 Å². The Labute approximate surface area is 181 Å². The van der Waals surface area contributed by atoms with Crippen molar-refractivity contribution in [1.29, 1.82) is 0 Å². The van der Waals surface area contributed by atoms with Crippen molar-refractivity contribution >= 4 is 29.6 Å². The van der Waals surface area contributed by atoms with Gasteiger partial charge in [0.2, 0.25) is 0 Å². The van der Waals surface area contributed by atoms with Crippen molar-refractivity contribution in [2.75, 3.05) is 25.0 Å². The summed E-state index contributed by atoms with van der Waals surface area (Å²) in [6.45, 7) is 5.54. The number of aromatic carboxylic acids is 1. The second-order valence-corrected chi connectivity index (χ2v) is 8.37. The maximum Gasteiger partial charge on any atom is 0.341 e. The highest BCUT2D eigenvalue weighted by atomic mass is 35.5. The molecule has 1 aliphatic heterocycles. The Balaban J connectivity index is 0.00000256. The molecule has 1 saturated heterocycles. The molecule has 0 unspecified atom stereocenters. The minimum Gasteiger partial charge on any atom is -0.477 e. The topological polar surface area (TPSA) is 74.0 Å². The standard InChI is InChI=1S/C22H28FN3O3.ClH/c1-4-18(24-3)14-7-8-25(10-14)20-12(2)19-15(13-5-6-13)9-16(22(28)29)21(27)26(19)11-17(20)23;/h9,11,13-14,18,24H,4-8,10H2,1-3H3,(H,28,29);1H/t14-,18-;/m1./s1. The quantitative estimate of drug-likeness (QED) is 0.722. The van der Waals surface area contributed by atoms with Crippen molar-refractivity contribution in [1.82, 2.24) is 9.72 Å². The summed E-state index contributed by atoms with van der Waals surface area (Å²) in [5, 5.41) is 12.8. The predicted octanol–water partition coefficient (Wildman–Crippen LogP) is 3.57. The van der Waals surface area contributed by atoms with Gasteiger partial charge in [-0.3, -0.25) is 9.20 Å². The van der Waals surface area contributed by atoms with Gasteiger partial charge in [0.1, 0.15) is 5.56 Å². The Morgan fingerprint density at radius 1 is 1.37 bits per heavy atom. The second kappa shape index (κ2) is 8.55. The van der Waals surface area contributed by atoms with Gasteiger partial charge in [0.15, 0.2) is 5.82 Å². The summed E-state index contributed by atoms with van der Waals surface area (Å²) in [5.74, 6) is -1.06. The summed E-state index contributed by atoms with van der Waals surface area (Å²) in [7, 11) is 1.97. The van der Waals surface area contributed by atoms with Crippen LogP contribution in [0.1, 0.15) is 60.0 Å². The molecular formula is C22H29ClFN3O3. The zero-order valence-corrected chi connectivity index (χ0v) is 18.4. The summed E-state index contributed by atoms with van der Waals surface area (Å²) < 4.78 is 16.4. The molecule has 0 radical (unpaired) electrons. The molecular weight excluding hydrogens is 409 g/mol. The first-order valence-electron chi connectivity index (χ1n) is 10.4. The Morgan fingerprint density at radius 2 is 2.07 bits per heavy atom. The normalized spacial score (nSPS) is 19.7. The van der Waals surface area contributed by atoms with Gasteiger partial charge < -0.3 is 15.3 Å². The summed E-state index contributed by atoms with van der Waals surface area (Å²) in [4.78, 5) is 26.3. The zero-order valence-electron chi connectivity index (χ0n) is 17.6. The number of carbonyl (C=O) groups is 1. The fraction of sp³-hybridized carbons (Fsp3) is 0.545. The van der Waals surface area contributed by atoms with E-state index in [1.54, 1.807) is 0 Å². The van der Waals surface area contributed by atoms with E-state index >= 15 is 4.39 Å². The molecule has 30 heavy (non-hydrogen) atoms. The summed E-state index contributed by atoms with van der Waals surface area (Å²) in [5.41, 5.74) is 1.81. The van der Waals surface area contributed by atoms with Crippen LogP contribution >= 0.6 is 12.4 Å². The Bertz CT molecular complexity index is 1030. The fourth-order valence-electron chi connectivity index (χ4n) is 4.98. The Hall–Kier alpha value is -2.12. The number of aromatic nitrogens is 1. The van der Waals surface area contributed by atoms with Crippen LogP contribution in [0.25, 0.3) is 5.52 Å². The third-order valence-corrected chi connectivity index (χ3v) is 6.61. The molecule has 2 aliphatic rings. The highest BCUT2D eigenvalue weighted by Crippen LogP contribution is 2.44. The molecule has 2 N–H and O–H groups in total. The number of aryl methyl sites for hydroxylation is 1. The lowest BCUT2D eigenvalue weighted by Crippen LogP contribution is -2.35. The fourth-order valence-corrected chi connectivity index (χ4v) is 4.98. The molecule has 0 amide bonds. The molecule has 4 rings (SSSR count). The van der Waals surface area contributed by atoms with E-state index in [4.69, 9.17) is 0 Å². The molecule has 1 saturated carbocycles. The first-order chi connectivity index (χ1) is 13.9. The van der Waals surface area contributed by atoms with Gasteiger partial charge in [0, 0.05) is 19.1 Å². The van der Waals surface area contributed by atoms with Crippen LogP contribution in [0.3, 0.4) is 0 Å². The van der Waals surface area contributed by atoms with Crippen LogP contribution in [-0.2, 0) is 0 Å². The van der Waals surface area contributed by atoms with E-state index in [0.717, 1.165) is 49.9 Å². The summed E-state index contributed by atoms with van der Waals surface area (Å²) in [6, 6.07) is 1.90. The summed E-state index contributed by atoms with van der Waals surface area (Å²) >= 11 is 0. The zero-order chi connectivity index (χ0) is 20.9. The average molecular weight is 438 g/mol.